The molecule has 2 heterocycles. The van der Waals surface area contributed by atoms with Gasteiger partial charge in [-0.25, -0.2) is 9.37 Å². The van der Waals surface area contributed by atoms with Gasteiger partial charge in [0.25, 0.3) is 0 Å². The van der Waals surface area contributed by atoms with Crippen LogP contribution >= 0.6 is 0 Å². The van der Waals surface area contributed by atoms with Gasteiger partial charge in [0.05, 0.1) is 17.4 Å². The van der Waals surface area contributed by atoms with E-state index >= 15 is 0 Å². The molecule has 0 amide bonds. The number of rotatable bonds is 3. The van der Waals surface area contributed by atoms with E-state index in [0.29, 0.717) is 11.3 Å². The highest BCUT2D eigenvalue weighted by Gasteiger charge is 2.52. The van der Waals surface area contributed by atoms with Gasteiger partial charge in [0.2, 0.25) is 5.88 Å². The van der Waals surface area contributed by atoms with Crippen LogP contribution in [0.5, 0.6) is 5.88 Å². The molecule has 1 saturated carbocycles. The topological polar surface area (TPSA) is 40.6 Å². The average Bonchev–Trinajstić information content (AvgIpc) is 2.55. The Morgan fingerprint density at radius 2 is 1.86 bits per heavy atom. The fraction of sp³-hybridized carbons (Fsp3) is 0.667. The van der Waals surface area contributed by atoms with Crippen LogP contribution in [0.1, 0.15) is 47.0 Å². The molecule has 2 fully saturated rings. The summed E-state index contributed by atoms with van der Waals surface area (Å²) < 4.78 is 31.6. The van der Waals surface area contributed by atoms with E-state index in [4.69, 9.17) is 14.0 Å². The van der Waals surface area contributed by atoms with Crippen LogP contribution in [0.25, 0.3) is 0 Å². The van der Waals surface area contributed by atoms with Crippen LogP contribution in [0.15, 0.2) is 12.3 Å². The van der Waals surface area contributed by atoms with Crippen LogP contribution in [0.3, 0.4) is 0 Å². The van der Waals surface area contributed by atoms with Gasteiger partial charge in [0.1, 0.15) is 11.9 Å². The lowest BCUT2D eigenvalue weighted by molar-refractivity contribution is 0.00578. The van der Waals surface area contributed by atoms with Crippen LogP contribution in [0, 0.1) is 5.82 Å². The third-order valence-electron chi connectivity index (χ3n) is 4.71. The summed E-state index contributed by atoms with van der Waals surface area (Å²) in [6.45, 7) is 7.77. The van der Waals surface area contributed by atoms with Crippen molar-refractivity contribution < 1.29 is 18.4 Å². The molecule has 4 nitrogen and oxygen atoms in total. The number of pyridine rings is 1. The quantitative estimate of drug-likeness (QED) is 0.803. The number of hydrogen-bond donors (Lipinski definition) is 0. The lowest BCUT2D eigenvalue weighted by Gasteiger charge is -2.32. The first-order chi connectivity index (χ1) is 9.78. The van der Waals surface area contributed by atoms with E-state index in [1.54, 1.807) is 6.07 Å². The van der Waals surface area contributed by atoms with Gasteiger partial charge in [-0.05, 0) is 47.0 Å². The summed E-state index contributed by atoms with van der Waals surface area (Å²) in [6.07, 6.45) is 4.62. The Morgan fingerprint density at radius 3 is 2.38 bits per heavy atom. The molecule has 0 N–H and O–H groups in total. The van der Waals surface area contributed by atoms with Gasteiger partial charge in [-0.2, -0.15) is 0 Å². The van der Waals surface area contributed by atoms with Crippen molar-refractivity contribution in [3.05, 3.63) is 18.1 Å². The summed E-state index contributed by atoms with van der Waals surface area (Å²) in [5.41, 5.74) is -0.650. The second-order valence-electron chi connectivity index (χ2n) is 6.80. The van der Waals surface area contributed by atoms with E-state index in [-0.39, 0.29) is 6.10 Å². The first-order valence-electron chi connectivity index (χ1n) is 7.46. The minimum atomic E-state index is -0.734. The Kier molecular flexibility index (Phi) is 3.49. The Labute approximate surface area is 125 Å². The molecular weight excluding hydrogens is 272 g/mol. The molecule has 0 unspecified atom stereocenters. The van der Waals surface area contributed by atoms with Crippen LogP contribution in [0.2, 0.25) is 0 Å². The van der Waals surface area contributed by atoms with Gasteiger partial charge < -0.3 is 14.0 Å². The first-order valence-corrected chi connectivity index (χ1v) is 7.46. The number of hydrogen-bond acceptors (Lipinski definition) is 4. The lowest BCUT2D eigenvalue weighted by Crippen LogP contribution is -2.41. The molecular formula is C15H21BFNO3. The second-order valence-corrected chi connectivity index (χ2v) is 6.80. The fourth-order valence-corrected chi connectivity index (χ4v) is 2.31. The zero-order valence-corrected chi connectivity index (χ0v) is 13.0. The SMILES string of the molecule is CC1(C)OB(c2cc(OC3CCC3)ncc2F)OC1(C)C. The molecule has 0 aromatic carbocycles. The summed E-state index contributed by atoms with van der Waals surface area (Å²) in [6, 6.07) is 1.59. The molecule has 114 valence electrons. The van der Waals surface area contributed by atoms with Gasteiger partial charge in [0.15, 0.2) is 0 Å². The molecule has 21 heavy (non-hydrogen) atoms. The third-order valence-corrected chi connectivity index (χ3v) is 4.71. The highest BCUT2D eigenvalue weighted by molar-refractivity contribution is 6.62. The van der Waals surface area contributed by atoms with Crippen molar-refractivity contribution in [3.63, 3.8) is 0 Å². The lowest BCUT2D eigenvalue weighted by atomic mass is 9.79. The zero-order valence-electron chi connectivity index (χ0n) is 13.0. The fourth-order valence-electron chi connectivity index (χ4n) is 2.31. The predicted molar refractivity (Wildman–Crippen MR) is 78.2 cm³/mol. The van der Waals surface area contributed by atoms with E-state index in [1.807, 2.05) is 27.7 Å². The molecule has 6 heteroatoms. The van der Waals surface area contributed by atoms with Crippen LogP contribution < -0.4 is 10.2 Å². The van der Waals surface area contributed by atoms with E-state index in [2.05, 4.69) is 4.98 Å². The molecule has 1 aliphatic carbocycles. The minimum absolute atomic E-state index is 0.203. The van der Waals surface area contributed by atoms with Crippen molar-refractivity contribution in [1.29, 1.82) is 0 Å². The minimum Gasteiger partial charge on any atom is -0.474 e. The van der Waals surface area contributed by atoms with Gasteiger partial charge in [-0.1, -0.05) is 0 Å². The molecule has 1 aromatic rings. The van der Waals surface area contributed by atoms with Gasteiger partial charge in [-0.3, -0.25) is 0 Å². The van der Waals surface area contributed by atoms with E-state index in [9.17, 15) is 4.39 Å². The predicted octanol–water partition coefficient (Wildman–Crippen LogP) is 2.45. The average molecular weight is 293 g/mol. The smallest absolute Gasteiger partial charge is 0.474 e. The van der Waals surface area contributed by atoms with Crippen molar-refractivity contribution in [2.24, 2.45) is 0 Å². The molecule has 2 aliphatic rings. The summed E-state index contributed by atoms with van der Waals surface area (Å²) in [4.78, 5) is 4.00. The molecule has 0 radical (unpaired) electrons. The van der Waals surface area contributed by atoms with Crippen LogP contribution in [-0.4, -0.2) is 29.4 Å². The van der Waals surface area contributed by atoms with E-state index in [0.717, 1.165) is 12.8 Å². The third kappa shape index (κ3) is 2.67. The van der Waals surface area contributed by atoms with Crippen molar-refractivity contribution in [3.8, 4) is 5.88 Å². The Bertz CT molecular complexity index is 530. The number of ether oxygens (including phenoxy) is 1. The van der Waals surface area contributed by atoms with Gasteiger partial charge >= 0.3 is 7.12 Å². The van der Waals surface area contributed by atoms with Crippen LogP contribution in [0.4, 0.5) is 4.39 Å². The van der Waals surface area contributed by atoms with E-state index in [1.165, 1.54) is 12.6 Å². The highest BCUT2D eigenvalue weighted by atomic mass is 19.1. The Hall–Kier alpha value is -1.14. The number of nitrogens with zero attached hydrogens (tertiary/aromatic N) is 1. The van der Waals surface area contributed by atoms with Crippen molar-refractivity contribution in [1.82, 2.24) is 4.98 Å². The maximum Gasteiger partial charge on any atom is 0.498 e. The summed E-state index contributed by atoms with van der Waals surface area (Å²) in [5, 5.41) is 0. The molecule has 0 atom stereocenters. The van der Waals surface area contributed by atoms with Crippen molar-refractivity contribution in [2.75, 3.05) is 0 Å². The summed E-state index contributed by atoms with van der Waals surface area (Å²) >= 11 is 0. The normalized spacial score (nSPS) is 24.0. The van der Waals surface area contributed by atoms with Crippen molar-refractivity contribution >= 4 is 12.6 Å². The molecule has 1 saturated heterocycles. The molecule has 0 bridgehead atoms. The molecule has 1 aliphatic heterocycles. The second kappa shape index (κ2) is 4.95. The molecule has 3 rings (SSSR count). The monoisotopic (exact) mass is 293 g/mol. The van der Waals surface area contributed by atoms with Gasteiger partial charge in [-0.15, -0.1) is 0 Å². The Morgan fingerprint density at radius 1 is 1.24 bits per heavy atom. The summed E-state index contributed by atoms with van der Waals surface area (Å²) in [5.74, 6) is 0.000252. The maximum atomic E-state index is 14.1. The first kappa shape index (κ1) is 14.8. The number of halogens is 1. The van der Waals surface area contributed by atoms with Crippen molar-refractivity contribution in [2.45, 2.75) is 64.3 Å². The standard InChI is InChI=1S/C15H21BFNO3/c1-14(2)15(3,4)21-16(20-14)11-8-13(18-9-12(11)17)19-10-6-5-7-10/h8-10H,5-7H2,1-4H3. The Balaban J connectivity index is 1.83. The highest BCUT2D eigenvalue weighted by Crippen LogP contribution is 2.36. The van der Waals surface area contributed by atoms with E-state index < -0.39 is 24.1 Å². The number of aromatic nitrogens is 1. The molecule has 1 aromatic heterocycles. The largest absolute Gasteiger partial charge is 0.498 e. The van der Waals surface area contributed by atoms with Crippen LogP contribution in [-0.2, 0) is 9.31 Å². The summed E-state index contributed by atoms with van der Waals surface area (Å²) in [7, 11) is -0.734. The maximum absolute atomic E-state index is 14.1. The zero-order chi connectivity index (χ0) is 15.3. The molecule has 0 spiro atoms. The van der Waals surface area contributed by atoms with Gasteiger partial charge in [0, 0.05) is 11.5 Å².